The van der Waals surface area contributed by atoms with E-state index in [-0.39, 0.29) is 30.7 Å². The van der Waals surface area contributed by atoms with Crippen molar-refractivity contribution in [3.63, 3.8) is 0 Å². The van der Waals surface area contributed by atoms with E-state index in [0.717, 1.165) is 17.1 Å². The number of halogens is 2. The minimum Gasteiger partial charge on any atom is -0.340 e. The van der Waals surface area contributed by atoms with Gasteiger partial charge >= 0.3 is 0 Å². The van der Waals surface area contributed by atoms with Crippen molar-refractivity contribution in [2.45, 2.75) is 6.92 Å². The monoisotopic (exact) mass is 285 g/mol. The Hall–Kier alpha value is -0.360. The standard InChI is InChI=1S/C9H15N3OS.2ClH/c1-7-8(14-6-11-7)9(13)12(3)5-4-10-2;;/h6,10H,4-5H2,1-3H3;2*1H. The summed E-state index contributed by atoms with van der Waals surface area (Å²) in [4.78, 5) is 18.3. The zero-order valence-electron chi connectivity index (χ0n) is 9.52. The molecule has 0 aromatic carbocycles. The molecule has 0 fully saturated rings. The molecule has 1 aromatic rings. The van der Waals surface area contributed by atoms with Crippen molar-refractivity contribution in [3.05, 3.63) is 16.1 Å². The van der Waals surface area contributed by atoms with Crippen LogP contribution in [0.25, 0.3) is 0 Å². The Labute approximate surface area is 112 Å². The molecule has 4 nitrogen and oxygen atoms in total. The van der Waals surface area contributed by atoms with E-state index in [1.807, 2.05) is 14.0 Å². The largest absolute Gasteiger partial charge is 0.340 e. The maximum absolute atomic E-state index is 11.8. The Morgan fingerprint density at radius 2 is 2.19 bits per heavy atom. The number of amides is 1. The topological polar surface area (TPSA) is 45.2 Å². The molecule has 94 valence electrons. The van der Waals surface area contributed by atoms with E-state index in [1.165, 1.54) is 11.3 Å². The van der Waals surface area contributed by atoms with Crippen LogP contribution in [-0.2, 0) is 0 Å². The molecule has 0 saturated heterocycles. The average molecular weight is 286 g/mol. The van der Waals surface area contributed by atoms with Gasteiger partial charge in [-0.3, -0.25) is 4.79 Å². The Kier molecular flexibility index (Phi) is 9.86. The van der Waals surface area contributed by atoms with E-state index in [9.17, 15) is 4.79 Å². The van der Waals surface area contributed by atoms with Gasteiger partial charge in [-0.25, -0.2) is 4.98 Å². The van der Waals surface area contributed by atoms with Gasteiger partial charge in [-0.2, -0.15) is 0 Å². The summed E-state index contributed by atoms with van der Waals surface area (Å²) in [6.07, 6.45) is 0. The highest BCUT2D eigenvalue weighted by molar-refractivity contribution is 7.11. The summed E-state index contributed by atoms with van der Waals surface area (Å²) in [6.45, 7) is 3.38. The van der Waals surface area contributed by atoms with Crippen molar-refractivity contribution in [2.24, 2.45) is 0 Å². The first-order valence-corrected chi connectivity index (χ1v) is 5.35. The van der Waals surface area contributed by atoms with E-state index < -0.39 is 0 Å². The highest BCUT2D eigenvalue weighted by Gasteiger charge is 2.15. The molecule has 0 atom stereocenters. The molecular formula is C9H17Cl2N3OS. The summed E-state index contributed by atoms with van der Waals surface area (Å²) in [5, 5.41) is 3.01. The molecule has 0 bridgehead atoms. The van der Waals surface area contributed by atoms with Crippen LogP contribution in [0.2, 0.25) is 0 Å². The summed E-state index contributed by atoms with van der Waals surface area (Å²) < 4.78 is 0. The lowest BCUT2D eigenvalue weighted by molar-refractivity contribution is 0.0800. The number of nitrogens with zero attached hydrogens (tertiary/aromatic N) is 2. The van der Waals surface area contributed by atoms with Crippen LogP contribution in [0.4, 0.5) is 0 Å². The van der Waals surface area contributed by atoms with Crippen LogP contribution in [0.1, 0.15) is 15.4 Å². The van der Waals surface area contributed by atoms with Gasteiger partial charge in [-0.1, -0.05) is 0 Å². The third-order valence-electron chi connectivity index (χ3n) is 1.98. The van der Waals surface area contributed by atoms with Gasteiger partial charge in [0.1, 0.15) is 4.88 Å². The zero-order chi connectivity index (χ0) is 10.6. The number of thiazole rings is 1. The molecule has 0 radical (unpaired) electrons. The van der Waals surface area contributed by atoms with Crippen molar-refractivity contribution in [1.29, 1.82) is 0 Å². The van der Waals surface area contributed by atoms with Crippen LogP contribution in [0.3, 0.4) is 0 Å². The third-order valence-corrected chi connectivity index (χ3v) is 2.90. The lowest BCUT2D eigenvalue weighted by Crippen LogP contribution is -2.32. The van der Waals surface area contributed by atoms with E-state index in [0.29, 0.717) is 6.54 Å². The number of aromatic nitrogens is 1. The van der Waals surface area contributed by atoms with E-state index in [4.69, 9.17) is 0 Å². The van der Waals surface area contributed by atoms with Gasteiger partial charge in [0.15, 0.2) is 0 Å². The number of hydrogen-bond donors (Lipinski definition) is 1. The van der Waals surface area contributed by atoms with Crippen LogP contribution >= 0.6 is 36.2 Å². The molecule has 7 heteroatoms. The normalized spacial score (nSPS) is 8.94. The first-order valence-electron chi connectivity index (χ1n) is 4.47. The fourth-order valence-electron chi connectivity index (χ4n) is 1.06. The molecule has 16 heavy (non-hydrogen) atoms. The van der Waals surface area contributed by atoms with E-state index in [2.05, 4.69) is 10.3 Å². The van der Waals surface area contributed by atoms with Crippen LogP contribution in [-0.4, -0.2) is 43.0 Å². The maximum Gasteiger partial charge on any atom is 0.265 e. The van der Waals surface area contributed by atoms with Gasteiger partial charge in [0.2, 0.25) is 0 Å². The number of rotatable bonds is 4. The van der Waals surface area contributed by atoms with Gasteiger partial charge in [0.25, 0.3) is 5.91 Å². The molecule has 0 saturated carbocycles. The second-order valence-corrected chi connectivity index (χ2v) is 3.95. The quantitative estimate of drug-likeness (QED) is 0.914. The zero-order valence-corrected chi connectivity index (χ0v) is 12.0. The second kappa shape index (κ2) is 8.75. The smallest absolute Gasteiger partial charge is 0.265 e. The summed E-state index contributed by atoms with van der Waals surface area (Å²) in [5.74, 6) is 0.0558. The molecule has 1 amide bonds. The number of aryl methyl sites for hydroxylation is 1. The molecule has 0 unspecified atom stereocenters. The Morgan fingerprint density at radius 1 is 1.56 bits per heavy atom. The van der Waals surface area contributed by atoms with Crippen LogP contribution in [0.15, 0.2) is 5.51 Å². The predicted molar refractivity (Wildman–Crippen MR) is 72.2 cm³/mol. The Balaban J connectivity index is 0. The van der Waals surface area contributed by atoms with Gasteiger partial charge in [-0.05, 0) is 14.0 Å². The van der Waals surface area contributed by atoms with Crippen molar-refractivity contribution >= 4 is 42.1 Å². The minimum absolute atomic E-state index is 0. The first-order chi connectivity index (χ1) is 6.66. The highest BCUT2D eigenvalue weighted by atomic mass is 35.5. The van der Waals surface area contributed by atoms with Crippen molar-refractivity contribution in [3.8, 4) is 0 Å². The Morgan fingerprint density at radius 3 is 2.62 bits per heavy atom. The lowest BCUT2D eigenvalue weighted by Gasteiger charge is -2.15. The van der Waals surface area contributed by atoms with Gasteiger partial charge in [0, 0.05) is 20.1 Å². The fourth-order valence-corrected chi connectivity index (χ4v) is 1.86. The first kappa shape index (κ1) is 18.0. The fraction of sp³-hybridized carbons (Fsp3) is 0.556. The average Bonchev–Trinajstić information content (AvgIpc) is 2.59. The molecule has 0 aliphatic heterocycles. The summed E-state index contributed by atoms with van der Waals surface area (Å²) in [6, 6.07) is 0. The van der Waals surface area contributed by atoms with Gasteiger partial charge in [-0.15, -0.1) is 36.2 Å². The molecule has 0 aliphatic carbocycles. The number of hydrogen-bond acceptors (Lipinski definition) is 4. The summed E-state index contributed by atoms with van der Waals surface area (Å²) >= 11 is 1.40. The summed E-state index contributed by atoms with van der Waals surface area (Å²) in [7, 11) is 3.68. The highest BCUT2D eigenvalue weighted by Crippen LogP contribution is 2.13. The number of nitrogens with one attached hydrogen (secondary N) is 1. The maximum atomic E-state index is 11.8. The summed E-state index contributed by atoms with van der Waals surface area (Å²) in [5.41, 5.74) is 2.52. The van der Waals surface area contributed by atoms with Crippen LogP contribution in [0, 0.1) is 6.92 Å². The number of likely N-dealkylation sites (N-methyl/N-ethyl adjacent to an activating group) is 2. The number of carbonyl (C=O) groups is 1. The third kappa shape index (κ3) is 4.65. The van der Waals surface area contributed by atoms with E-state index in [1.54, 1.807) is 17.5 Å². The van der Waals surface area contributed by atoms with Crippen molar-refractivity contribution in [2.75, 3.05) is 27.2 Å². The van der Waals surface area contributed by atoms with Crippen LogP contribution < -0.4 is 5.32 Å². The molecule has 1 rings (SSSR count). The van der Waals surface area contributed by atoms with Crippen LogP contribution in [0.5, 0.6) is 0 Å². The predicted octanol–water partition coefficient (Wildman–Crippen LogP) is 1.59. The van der Waals surface area contributed by atoms with Crippen molar-refractivity contribution in [1.82, 2.24) is 15.2 Å². The molecule has 0 aliphatic rings. The molecule has 0 spiro atoms. The van der Waals surface area contributed by atoms with Crippen molar-refractivity contribution < 1.29 is 4.79 Å². The minimum atomic E-state index is 0. The SMILES string of the molecule is CNCCN(C)C(=O)c1scnc1C.Cl.Cl. The van der Waals surface area contributed by atoms with E-state index >= 15 is 0 Å². The second-order valence-electron chi connectivity index (χ2n) is 3.10. The van der Waals surface area contributed by atoms with Gasteiger partial charge in [0.05, 0.1) is 11.2 Å². The molecular weight excluding hydrogens is 269 g/mol. The Bertz CT molecular complexity index is 319. The van der Waals surface area contributed by atoms with Gasteiger partial charge < -0.3 is 10.2 Å². The molecule has 1 aromatic heterocycles. The molecule has 1 N–H and O–H groups in total. The number of carbonyl (C=O) groups excluding carboxylic acids is 1. The molecule has 1 heterocycles. The lowest BCUT2D eigenvalue weighted by atomic mass is 10.3.